The maximum absolute atomic E-state index is 4.73. The third-order valence-electron chi connectivity index (χ3n) is 5.00. The fourth-order valence-electron chi connectivity index (χ4n) is 3.53. The summed E-state index contributed by atoms with van der Waals surface area (Å²) in [7, 11) is 1.92. The lowest BCUT2D eigenvalue weighted by Crippen LogP contribution is -1.93. The van der Waals surface area contributed by atoms with Crippen LogP contribution in [0, 0.1) is 0 Å². The van der Waals surface area contributed by atoms with E-state index in [1.54, 1.807) is 11.8 Å². The second kappa shape index (κ2) is 8.05. The summed E-state index contributed by atoms with van der Waals surface area (Å²) < 4.78 is 0. The zero-order chi connectivity index (χ0) is 20.3. The van der Waals surface area contributed by atoms with Gasteiger partial charge >= 0.3 is 0 Å². The molecule has 0 bridgehead atoms. The molecule has 0 aliphatic rings. The Labute approximate surface area is 179 Å². The van der Waals surface area contributed by atoms with Crippen LogP contribution in [0.15, 0.2) is 101 Å². The highest BCUT2D eigenvalue weighted by molar-refractivity contribution is 7.99. The van der Waals surface area contributed by atoms with E-state index in [9.17, 15) is 0 Å². The number of anilines is 1. The molecule has 146 valence electrons. The van der Waals surface area contributed by atoms with E-state index in [-0.39, 0.29) is 0 Å². The van der Waals surface area contributed by atoms with Gasteiger partial charge in [0.2, 0.25) is 0 Å². The molecule has 0 amide bonds. The van der Waals surface area contributed by atoms with Gasteiger partial charge in [-0.1, -0.05) is 66.4 Å². The molecule has 0 saturated carbocycles. The van der Waals surface area contributed by atoms with Gasteiger partial charge in [0.15, 0.2) is 5.16 Å². The van der Waals surface area contributed by atoms with Crippen molar-refractivity contribution in [3.8, 4) is 22.4 Å². The van der Waals surface area contributed by atoms with Crippen molar-refractivity contribution < 1.29 is 0 Å². The molecule has 0 fully saturated rings. The Balaban J connectivity index is 1.59. The van der Waals surface area contributed by atoms with Crippen LogP contribution >= 0.6 is 11.8 Å². The predicted molar refractivity (Wildman–Crippen MR) is 125 cm³/mol. The van der Waals surface area contributed by atoms with E-state index in [4.69, 9.17) is 4.98 Å². The van der Waals surface area contributed by atoms with Gasteiger partial charge in [0.1, 0.15) is 0 Å². The molecule has 0 aliphatic heterocycles. The number of aromatic amines is 1. The molecule has 0 saturated heterocycles. The van der Waals surface area contributed by atoms with Gasteiger partial charge in [0.05, 0.1) is 16.7 Å². The van der Waals surface area contributed by atoms with Gasteiger partial charge in [-0.2, -0.15) is 0 Å². The molecule has 2 N–H and O–H groups in total. The summed E-state index contributed by atoms with van der Waals surface area (Å²) in [6, 6.07) is 29.0. The topological polar surface area (TPSA) is 53.6 Å². The highest BCUT2D eigenvalue weighted by Gasteiger charge is 2.14. The summed E-state index contributed by atoms with van der Waals surface area (Å²) in [6.45, 7) is 0. The number of pyridine rings is 1. The van der Waals surface area contributed by atoms with Crippen molar-refractivity contribution in [2.45, 2.75) is 10.1 Å². The third kappa shape index (κ3) is 3.55. The van der Waals surface area contributed by atoms with Crippen molar-refractivity contribution in [2.24, 2.45) is 0 Å². The van der Waals surface area contributed by atoms with Crippen LogP contribution in [0.4, 0.5) is 5.69 Å². The van der Waals surface area contributed by atoms with Crippen molar-refractivity contribution in [3.05, 3.63) is 91.1 Å². The second-order valence-electron chi connectivity index (χ2n) is 6.88. The first-order valence-corrected chi connectivity index (χ1v) is 10.6. The zero-order valence-corrected chi connectivity index (χ0v) is 17.3. The molecule has 0 spiro atoms. The Kier molecular flexibility index (Phi) is 4.95. The number of fused-ring (bicyclic) bond motifs is 1. The Morgan fingerprint density at radius 2 is 1.53 bits per heavy atom. The van der Waals surface area contributed by atoms with Gasteiger partial charge in [-0.15, -0.1) is 0 Å². The lowest BCUT2D eigenvalue weighted by Gasteiger charge is -2.13. The van der Waals surface area contributed by atoms with Crippen LogP contribution in [0.1, 0.15) is 0 Å². The largest absolute Gasteiger partial charge is 0.388 e. The maximum atomic E-state index is 4.73. The van der Waals surface area contributed by atoms with Gasteiger partial charge in [-0.3, -0.25) is 4.98 Å². The molecular formula is C25H20N4S. The number of nitrogens with one attached hydrogen (secondary N) is 2. The van der Waals surface area contributed by atoms with Crippen LogP contribution in [0.2, 0.25) is 0 Å². The molecule has 5 aromatic rings. The molecular weight excluding hydrogens is 388 g/mol. The van der Waals surface area contributed by atoms with Gasteiger partial charge in [-0.05, 0) is 41.5 Å². The molecule has 5 heteroatoms. The summed E-state index contributed by atoms with van der Waals surface area (Å²) in [4.78, 5) is 13.9. The van der Waals surface area contributed by atoms with Crippen molar-refractivity contribution in [1.82, 2.24) is 15.0 Å². The minimum Gasteiger partial charge on any atom is -0.388 e. The standard InChI is InChI=1S/C25H20N4S/c1-26-17-14-15-27-23(16-17)19-9-3-2-8-18(19)20-10-4-7-13-24(20)30-25-28-21-11-5-6-12-22(21)29-25/h2-16H,1H3,(H,26,27)(H,28,29). The third-order valence-corrected chi connectivity index (χ3v) is 5.97. The van der Waals surface area contributed by atoms with Crippen LogP contribution in [0.3, 0.4) is 0 Å². The first-order chi connectivity index (χ1) is 14.8. The normalized spacial score (nSPS) is 11.0. The Hall–Kier alpha value is -3.57. The number of para-hydroxylation sites is 2. The smallest absolute Gasteiger partial charge is 0.171 e. The fraction of sp³-hybridized carbons (Fsp3) is 0.0400. The first kappa shape index (κ1) is 18.5. The lowest BCUT2D eigenvalue weighted by molar-refractivity contribution is 1.08. The number of hydrogen-bond acceptors (Lipinski definition) is 4. The Bertz CT molecular complexity index is 1290. The average Bonchev–Trinajstić information content (AvgIpc) is 3.22. The van der Waals surface area contributed by atoms with Crippen molar-refractivity contribution in [1.29, 1.82) is 0 Å². The minimum atomic E-state index is 0.886. The number of nitrogens with zero attached hydrogens (tertiary/aromatic N) is 2. The molecule has 2 aromatic heterocycles. The zero-order valence-electron chi connectivity index (χ0n) is 16.5. The lowest BCUT2D eigenvalue weighted by atomic mass is 9.97. The average molecular weight is 409 g/mol. The van der Waals surface area contributed by atoms with Crippen molar-refractivity contribution >= 4 is 28.5 Å². The Morgan fingerprint density at radius 3 is 2.37 bits per heavy atom. The number of rotatable bonds is 5. The molecule has 3 aromatic carbocycles. The van der Waals surface area contributed by atoms with Gasteiger partial charge in [0, 0.05) is 29.4 Å². The summed E-state index contributed by atoms with van der Waals surface area (Å²) in [5.74, 6) is 0. The second-order valence-corrected chi connectivity index (χ2v) is 7.91. The van der Waals surface area contributed by atoms with Gasteiger partial charge in [-0.25, -0.2) is 4.98 Å². The van der Waals surface area contributed by atoms with Gasteiger partial charge in [0.25, 0.3) is 0 Å². The fourth-order valence-corrected chi connectivity index (χ4v) is 4.48. The minimum absolute atomic E-state index is 0.886. The molecule has 0 aliphatic carbocycles. The van der Waals surface area contributed by atoms with Crippen molar-refractivity contribution in [2.75, 3.05) is 12.4 Å². The van der Waals surface area contributed by atoms with Crippen LogP contribution < -0.4 is 5.32 Å². The van der Waals surface area contributed by atoms with Crippen LogP contribution in [-0.4, -0.2) is 22.0 Å². The molecule has 5 rings (SSSR count). The van der Waals surface area contributed by atoms with Gasteiger partial charge < -0.3 is 10.3 Å². The van der Waals surface area contributed by atoms with E-state index in [1.165, 1.54) is 0 Å². The first-order valence-electron chi connectivity index (χ1n) is 9.77. The molecule has 30 heavy (non-hydrogen) atoms. The molecule has 2 heterocycles. The molecule has 0 radical (unpaired) electrons. The molecule has 4 nitrogen and oxygen atoms in total. The van der Waals surface area contributed by atoms with Crippen LogP contribution in [-0.2, 0) is 0 Å². The number of benzene rings is 3. The summed E-state index contributed by atoms with van der Waals surface area (Å²) >= 11 is 1.65. The summed E-state index contributed by atoms with van der Waals surface area (Å²) in [5.41, 5.74) is 7.43. The van der Waals surface area contributed by atoms with E-state index in [1.807, 2.05) is 43.6 Å². The van der Waals surface area contributed by atoms with Crippen LogP contribution in [0.5, 0.6) is 0 Å². The van der Waals surface area contributed by atoms with E-state index < -0.39 is 0 Å². The maximum Gasteiger partial charge on any atom is 0.171 e. The number of H-pyrrole nitrogens is 1. The summed E-state index contributed by atoms with van der Waals surface area (Å²) in [6.07, 6.45) is 1.84. The molecule has 0 atom stereocenters. The summed E-state index contributed by atoms with van der Waals surface area (Å²) in [5, 5.41) is 4.08. The molecule has 0 unspecified atom stereocenters. The van der Waals surface area contributed by atoms with E-state index in [0.29, 0.717) is 0 Å². The highest BCUT2D eigenvalue weighted by Crippen LogP contribution is 2.39. The number of aromatic nitrogens is 3. The number of hydrogen-bond donors (Lipinski definition) is 2. The van der Waals surface area contributed by atoms with Crippen molar-refractivity contribution in [3.63, 3.8) is 0 Å². The monoisotopic (exact) mass is 408 g/mol. The SMILES string of the molecule is CNc1ccnc(-c2ccccc2-c2ccccc2Sc2nc3ccccc3[nH]2)c1. The van der Waals surface area contributed by atoms with Crippen LogP contribution in [0.25, 0.3) is 33.4 Å². The van der Waals surface area contributed by atoms with E-state index in [0.717, 1.165) is 49.2 Å². The Morgan fingerprint density at radius 1 is 0.800 bits per heavy atom. The van der Waals surface area contributed by atoms with E-state index in [2.05, 4.69) is 69.9 Å². The number of imidazole rings is 1. The van der Waals surface area contributed by atoms with E-state index >= 15 is 0 Å². The quantitative estimate of drug-likeness (QED) is 0.349. The highest BCUT2D eigenvalue weighted by atomic mass is 32.2. The predicted octanol–water partition coefficient (Wildman–Crippen LogP) is 6.48.